The Balaban J connectivity index is 1.35. The fraction of sp³-hybridized carbons (Fsp3) is 0.966. The van der Waals surface area contributed by atoms with Crippen LogP contribution in [0.25, 0.3) is 0 Å². The van der Waals surface area contributed by atoms with E-state index in [4.69, 9.17) is 33.2 Å². The van der Waals surface area contributed by atoms with E-state index in [1.165, 1.54) is 6.42 Å². The molecule has 3 saturated heterocycles. The topological polar surface area (TPSA) is 142 Å². The fourth-order valence-corrected chi connectivity index (χ4v) is 6.15. The molecular weight excluding hydrogens is 524 g/mol. The first-order valence-electron chi connectivity index (χ1n) is 15.1. The number of ether oxygens (including phenoxy) is 7. The van der Waals surface area contributed by atoms with Crippen molar-refractivity contribution < 1.29 is 53.3 Å². The number of aliphatic hydroxyl groups excluding tert-OH is 2. The van der Waals surface area contributed by atoms with Crippen molar-refractivity contribution in [2.24, 2.45) is 5.92 Å². The van der Waals surface area contributed by atoms with Crippen molar-refractivity contribution in [1.82, 2.24) is 0 Å². The molecule has 11 nitrogen and oxygen atoms in total. The quantitative estimate of drug-likeness (QED) is 0.368. The SMILES string of the molecule is CC(C)C(=O)O[C@H]1[C@H](C)O[C@@H](O[C@H]2C[C@H](O[C@H]3C[C@H](OC4CCCCC4)O[C@H](C)[C@H]3O)O[C@H](C)[C@H]2O)C[C@@]1(C)O. The molecule has 0 spiro atoms. The number of esters is 1. The van der Waals surface area contributed by atoms with Crippen LogP contribution >= 0.6 is 0 Å². The van der Waals surface area contributed by atoms with Gasteiger partial charge in [0.05, 0.1) is 42.5 Å². The second-order valence-corrected chi connectivity index (χ2v) is 12.6. The van der Waals surface area contributed by atoms with Gasteiger partial charge in [0, 0.05) is 19.3 Å². The molecule has 4 rings (SSSR count). The molecule has 0 aromatic rings. The van der Waals surface area contributed by atoms with Crippen LogP contribution in [0, 0.1) is 5.92 Å². The summed E-state index contributed by atoms with van der Waals surface area (Å²) in [6.45, 7) is 10.3. The Morgan fingerprint density at radius 1 is 0.800 bits per heavy atom. The minimum Gasteiger partial charge on any atom is -0.456 e. The average Bonchev–Trinajstić information content (AvgIpc) is 2.87. The Hall–Kier alpha value is -0.890. The van der Waals surface area contributed by atoms with Crippen molar-refractivity contribution in [3.63, 3.8) is 0 Å². The largest absolute Gasteiger partial charge is 0.456 e. The van der Waals surface area contributed by atoms with E-state index in [1.54, 1.807) is 41.5 Å². The van der Waals surface area contributed by atoms with Crippen LogP contribution < -0.4 is 0 Å². The molecule has 3 heterocycles. The van der Waals surface area contributed by atoms with Gasteiger partial charge in [-0.25, -0.2) is 0 Å². The van der Waals surface area contributed by atoms with Crippen molar-refractivity contribution in [2.75, 3.05) is 0 Å². The van der Waals surface area contributed by atoms with Crippen molar-refractivity contribution in [3.8, 4) is 0 Å². The Labute approximate surface area is 237 Å². The van der Waals surface area contributed by atoms with Gasteiger partial charge in [-0.05, 0) is 40.5 Å². The Bertz CT molecular complexity index is 816. The van der Waals surface area contributed by atoms with Gasteiger partial charge in [-0.2, -0.15) is 0 Å². The first-order chi connectivity index (χ1) is 18.8. The standard InChI is InChI=1S/C29H50O11/c1-15(2)28(32)40-27-18(5)36-24(14-29(27,6)33)39-21-13-23(35-17(4)26(21)31)38-20-12-22(34-16(3)25(20)30)37-19-10-8-7-9-11-19/h15-27,30-31,33H,7-14H2,1-6H3/t16-,17-,18+,20+,21+,22+,23+,24+,25-,26-,27+,29-/m1/s1. The van der Waals surface area contributed by atoms with Crippen LogP contribution in [0.5, 0.6) is 0 Å². The highest BCUT2D eigenvalue weighted by atomic mass is 16.7. The van der Waals surface area contributed by atoms with Crippen molar-refractivity contribution in [1.29, 1.82) is 0 Å². The lowest BCUT2D eigenvalue weighted by molar-refractivity contribution is -0.335. The maximum Gasteiger partial charge on any atom is 0.308 e. The minimum atomic E-state index is -1.39. The summed E-state index contributed by atoms with van der Waals surface area (Å²) < 4.78 is 42.0. The Morgan fingerprint density at radius 2 is 1.30 bits per heavy atom. The number of hydrogen-bond donors (Lipinski definition) is 3. The van der Waals surface area contributed by atoms with Gasteiger partial charge in [0.25, 0.3) is 0 Å². The van der Waals surface area contributed by atoms with E-state index < -0.39 is 79.3 Å². The van der Waals surface area contributed by atoms with Crippen LogP contribution in [0.3, 0.4) is 0 Å². The Kier molecular flexibility index (Phi) is 10.9. The van der Waals surface area contributed by atoms with Crippen molar-refractivity contribution in [2.45, 2.75) is 172 Å². The molecule has 232 valence electrons. The third-order valence-corrected chi connectivity index (χ3v) is 8.56. The summed E-state index contributed by atoms with van der Waals surface area (Å²) >= 11 is 0. The first kappa shape index (κ1) is 32.0. The monoisotopic (exact) mass is 574 g/mol. The number of carbonyl (C=O) groups excluding carboxylic acids is 1. The first-order valence-corrected chi connectivity index (χ1v) is 15.1. The van der Waals surface area contributed by atoms with E-state index in [1.807, 2.05) is 0 Å². The highest BCUT2D eigenvalue weighted by Gasteiger charge is 2.49. The normalized spacial score (nSPS) is 45.4. The molecule has 1 aliphatic carbocycles. The van der Waals surface area contributed by atoms with Gasteiger partial charge in [0.2, 0.25) is 0 Å². The zero-order valence-electron chi connectivity index (χ0n) is 24.8. The summed E-state index contributed by atoms with van der Waals surface area (Å²) in [5.41, 5.74) is -1.39. The predicted octanol–water partition coefficient (Wildman–Crippen LogP) is 2.55. The average molecular weight is 575 g/mol. The van der Waals surface area contributed by atoms with Crippen LogP contribution in [0.1, 0.15) is 92.9 Å². The molecule has 0 radical (unpaired) electrons. The van der Waals surface area contributed by atoms with Crippen LogP contribution in [-0.2, 0) is 38.0 Å². The van der Waals surface area contributed by atoms with E-state index in [-0.39, 0.29) is 24.9 Å². The van der Waals surface area contributed by atoms with Crippen molar-refractivity contribution >= 4 is 5.97 Å². The molecule has 11 heteroatoms. The summed E-state index contributed by atoms with van der Waals surface area (Å²) in [4.78, 5) is 12.2. The molecule has 4 aliphatic rings. The second kappa shape index (κ2) is 13.6. The summed E-state index contributed by atoms with van der Waals surface area (Å²) in [5.74, 6) is -0.746. The molecule has 12 atom stereocenters. The van der Waals surface area contributed by atoms with E-state index in [2.05, 4.69) is 0 Å². The number of hydrogen-bond acceptors (Lipinski definition) is 11. The maximum atomic E-state index is 12.2. The lowest BCUT2D eigenvalue weighted by Gasteiger charge is -2.46. The van der Waals surface area contributed by atoms with Gasteiger partial charge in [-0.1, -0.05) is 33.1 Å². The third-order valence-electron chi connectivity index (χ3n) is 8.56. The van der Waals surface area contributed by atoms with E-state index in [0.29, 0.717) is 6.42 Å². The smallest absolute Gasteiger partial charge is 0.308 e. The second-order valence-electron chi connectivity index (χ2n) is 12.6. The summed E-state index contributed by atoms with van der Waals surface area (Å²) in [6, 6.07) is 0. The molecular formula is C29H50O11. The highest BCUT2D eigenvalue weighted by Crippen LogP contribution is 2.36. The molecule has 1 saturated carbocycles. The number of carbonyl (C=O) groups is 1. The predicted molar refractivity (Wildman–Crippen MR) is 142 cm³/mol. The summed E-state index contributed by atoms with van der Waals surface area (Å²) in [5, 5.41) is 32.8. The summed E-state index contributed by atoms with van der Waals surface area (Å²) in [6.07, 6.45) is -1.39. The van der Waals surface area contributed by atoms with Gasteiger partial charge < -0.3 is 48.5 Å². The Morgan fingerprint density at radius 3 is 1.82 bits per heavy atom. The zero-order chi connectivity index (χ0) is 29.2. The van der Waals surface area contributed by atoms with Gasteiger partial charge >= 0.3 is 5.97 Å². The molecule has 0 bridgehead atoms. The molecule has 3 aliphatic heterocycles. The third kappa shape index (κ3) is 7.93. The maximum absolute atomic E-state index is 12.2. The molecule has 4 fully saturated rings. The van der Waals surface area contributed by atoms with E-state index in [0.717, 1.165) is 25.7 Å². The van der Waals surface area contributed by atoms with Gasteiger partial charge in [-0.3, -0.25) is 4.79 Å². The minimum absolute atomic E-state index is 0.0493. The molecule has 0 unspecified atom stereocenters. The van der Waals surface area contributed by atoms with Crippen LogP contribution in [0.2, 0.25) is 0 Å². The van der Waals surface area contributed by atoms with Gasteiger partial charge in [0.15, 0.2) is 25.0 Å². The number of rotatable bonds is 8. The van der Waals surface area contributed by atoms with E-state index >= 15 is 0 Å². The van der Waals surface area contributed by atoms with Crippen molar-refractivity contribution in [3.05, 3.63) is 0 Å². The number of aliphatic hydroxyl groups is 3. The van der Waals surface area contributed by atoms with Crippen LogP contribution in [0.15, 0.2) is 0 Å². The van der Waals surface area contributed by atoms with Gasteiger partial charge in [0.1, 0.15) is 17.8 Å². The lowest BCUT2D eigenvalue weighted by Crippen LogP contribution is -2.59. The fourth-order valence-electron chi connectivity index (χ4n) is 6.15. The molecule has 0 amide bonds. The van der Waals surface area contributed by atoms with E-state index in [9.17, 15) is 20.1 Å². The highest BCUT2D eigenvalue weighted by molar-refractivity contribution is 5.71. The lowest BCUT2D eigenvalue weighted by atomic mass is 9.88. The van der Waals surface area contributed by atoms with Crippen LogP contribution in [0.4, 0.5) is 0 Å². The molecule has 0 aromatic carbocycles. The van der Waals surface area contributed by atoms with Crippen LogP contribution in [-0.4, -0.2) is 101 Å². The molecule has 3 N–H and O–H groups in total. The molecule has 40 heavy (non-hydrogen) atoms. The zero-order valence-corrected chi connectivity index (χ0v) is 24.8. The summed E-state index contributed by atoms with van der Waals surface area (Å²) in [7, 11) is 0. The van der Waals surface area contributed by atoms with Gasteiger partial charge in [-0.15, -0.1) is 0 Å². The molecule has 0 aromatic heterocycles.